The van der Waals surface area contributed by atoms with Gasteiger partial charge >= 0.3 is 0 Å². The van der Waals surface area contributed by atoms with Gasteiger partial charge in [-0.15, -0.1) is 0 Å². The van der Waals surface area contributed by atoms with Gasteiger partial charge in [0.05, 0.1) is 0 Å². The van der Waals surface area contributed by atoms with Crippen molar-refractivity contribution in [3.05, 3.63) is 47.7 Å². The molecule has 2 rings (SSSR count). The minimum atomic E-state index is -0.313. The number of benzene rings is 1. The van der Waals surface area contributed by atoms with E-state index in [1.165, 1.54) is 11.8 Å². The molecule has 0 heterocycles. The van der Waals surface area contributed by atoms with Crippen LogP contribution in [0.15, 0.2) is 42.1 Å². The van der Waals surface area contributed by atoms with Crippen molar-refractivity contribution in [2.45, 2.75) is 25.3 Å². The second-order valence-corrected chi connectivity index (χ2v) is 4.60. The van der Waals surface area contributed by atoms with Crippen LogP contribution in [0.2, 0.25) is 0 Å². The van der Waals surface area contributed by atoms with Gasteiger partial charge in [0.1, 0.15) is 11.6 Å². The smallest absolute Gasteiger partial charge is 0.263 e. The predicted octanol–water partition coefficient (Wildman–Crippen LogP) is 1.50. The van der Waals surface area contributed by atoms with E-state index >= 15 is 0 Å². The number of hydrogen-bond acceptors (Lipinski definition) is 3. The summed E-state index contributed by atoms with van der Waals surface area (Å²) in [5.74, 6) is -0.313. The Hall–Kier alpha value is -2.28. The van der Waals surface area contributed by atoms with Gasteiger partial charge in [0.25, 0.3) is 5.91 Å². The van der Waals surface area contributed by atoms with Gasteiger partial charge in [-0.05, 0) is 24.8 Å². The first-order chi connectivity index (χ1) is 9.29. The molecular formula is C15H17N3O. The van der Waals surface area contributed by atoms with Crippen LogP contribution in [0.5, 0.6) is 0 Å². The highest BCUT2D eigenvalue weighted by Crippen LogP contribution is 2.18. The molecule has 0 radical (unpaired) electrons. The van der Waals surface area contributed by atoms with Crippen LogP contribution in [0.3, 0.4) is 0 Å². The van der Waals surface area contributed by atoms with Gasteiger partial charge < -0.3 is 10.6 Å². The Bertz CT molecular complexity index is 498. The topological polar surface area (TPSA) is 64.9 Å². The molecule has 0 bridgehead atoms. The number of nitrogens with zero attached hydrogens (tertiary/aromatic N) is 1. The summed E-state index contributed by atoms with van der Waals surface area (Å²) in [6.45, 7) is 0.533. The van der Waals surface area contributed by atoms with Crippen LogP contribution in [0.4, 0.5) is 0 Å². The third-order valence-corrected chi connectivity index (χ3v) is 2.95. The van der Waals surface area contributed by atoms with E-state index in [0.717, 1.165) is 19.3 Å². The zero-order chi connectivity index (χ0) is 13.5. The summed E-state index contributed by atoms with van der Waals surface area (Å²) in [5.41, 5.74) is 1.31. The SMILES string of the molecule is N#C/C(=C/NC1CC1)C(=O)NCCc1ccccc1. The lowest BCUT2D eigenvalue weighted by atomic mass is 10.1. The number of hydrogen-bond donors (Lipinski definition) is 2. The maximum atomic E-state index is 11.8. The molecule has 1 aromatic rings. The highest BCUT2D eigenvalue weighted by Gasteiger charge is 2.20. The number of carbonyl (C=O) groups is 1. The summed E-state index contributed by atoms with van der Waals surface area (Å²) < 4.78 is 0. The monoisotopic (exact) mass is 255 g/mol. The van der Waals surface area contributed by atoms with E-state index in [2.05, 4.69) is 10.6 Å². The summed E-state index contributed by atoms with van der Waals surface area (Å²) in [6.07, 6.45) is 4.52. The number of amides is 1. The van der Waals surface area contributed by atoms with E-state index in [9.17, 15) is 4.79 Å². The first-order valence-corrected chi connectivity index (χ1v) is 6.48. The first kappa shape index (κ1) is 13.2. The molecule has 4 heteroatoms. The van der Waals surface area contributed by atoms with Crippen molar-refractivity contribution in [3.8, 4) is 6.07 Å². The van der Waals surface area contributed by atoms with Crippen LogP contribution in [0, 0.1) is 11.3 Å². The third-order valence-electron chi connectivity index (χ3n) is 2.95. The van der Waals surface area contributed by atoms with Crippen molar-refractivity contribution in [2.24, 2.45) is 0 Å². The molecule has 4 nitrogen and oxygen atoms in total. The molecule has 0 unspecified atom stereocenters. The average molecular weight is 255 g/mol. The Morgan fingerprint density at radius 2 is 2.11 bits per heavy atom. The van der Waals surface area contributed by atoms with E-state index in [1.807, 2.05) is 36.4 Å². The Kier molecular flexibility index (Phi) is 4.57. The van der Waals surface area contributed by atoms with Crippen LogP contribution in [0.25, 0.3) is 0 Å². The largest absolute Gasteiger partial charge is 0.387 e. The summed E-state index contributed by atoms with van der Waals surface area (Å²) >= 11 is 0. The van der Waals surface area contributed by atoms with Gasteiger partial charge in [-0.25, -0.2) is 0 Å². The second kappa shape index (κ2) is 6.60. The maximum absolute atomic E-state index is 11.8. The van der Waals surface area contributed by atoms with Gasteiger partial charge in [0, 0.05) is 18.8 Å². The Labute approximate surface area is 113 Å². The average Bonchev–Trinajstić information content (AvgIpc) is 3.25. The third kappa shape index (κ3) is 4.47. The molecule has 0 spiro atoms. The quantitative estimate of drug-likeness (QED) is 0.598. The van der Waals surface area contributed by atoms with E-state index in [0.29, 0.717) is 12.6 Å². The highest BCUT2D eigenvalue weighted by molar-refractivity contribution is 5.97. The molecule has 1 aliphatic rings. The molecule has 19 heavy (non-hydrogen) atoms. The number of nitriles is 1. The maximum Gasteiger partial charge on any atom is 0.263 e. The van der Waals surface area contributed by atoms with Crippen LogP contribution in [-0.2, 0) is 11.2 Å². The minimum Gasteiger partial charge on any atom is -0.387 e. The molecule has 1 aromatic carbocycles. The van der Waals surface area contributed by atoms with E-state index in [1.54, 1.807) is 0 Å². The van der Waals surface area contributed by atoms with Crippen molar-refractivity contribution in [1.82, 2.24) is 10.6 Å². The van der Waals surface area contributed by atoms with Crippen LogP contribution in [0.1, 0.15) is 18.4 Å². The minimum absolute atomic E-state index is 0.139. The van der Waals surface area contributed by atoms with Crippen LogP contribution < -0.4 is 10.6 Å². The number of carbonyl (C=O) groups excluding carboxylic acids is 1. The van der Waals surface area contributed by atoms with E-state index in [-0.39, 0.29) is 11.5 Å². The van der Waals surface area contributed by atoms with Crippen molar-refractivity contribution >= 4 is 5.91 Å². The Morgan fingerprint density at radius 1 is 1.37 bits per heavy atom. The molecule has 0 atom stereocenters. The Balaban J connectivity index is 1.76. The zero-order valence-corrected chi connectivity index (χ0v) is 10.7. The molecule has 0 aromatic heterocycles. The molecular weight excluding hydrogens is 238 g/mol. The standard InChI is InChI=1S/C15H17N3O/c16-10-13(11-18-14-6-7-14)15(19)17-9-8-12-4-2-1-3-5-12/h1-5,11,14,18H,6-9H2,(H,17,19)/b13-11-. The van der Waals surface area contributed by atoms with Gasteiger partial charge in [0.2, 0.25) is 0 Å². The molecule has 98 valence electrons. The molecule has 0 saturated heterocycles. The predicted molar refractivity (Wildman–Crippen MR) is 73.0 cm³/mol. The fourth-order valence-corrected chi connectivity index (χ4v) is 1.66. The van der Waals surface area contributed by atoms with Crippen molar-refractivity contribution in [1.29, 1.82) is 5.26 Å². The molecule has 1 fully saturated rings. The van der Waals surface area contributed by atoms with Gasteiger partial charge in [-0.2, -0.15) is 5.26 Å². The van der Waals surface area contributed by atoms with Crippen molar-refractivity contribution < 1.29 is 4.79 Å². The van der Waals surface area contributed by atoms with Crippen molar-refractivity contribution in [3.63, 3.8) is 0 Å². The first-order valence-electron chi connectivity index (χ1n) is 6.48. The fourth-order valence-electron chi connectivity index (χ4n) is 1.66. The van der Waals surface area contributed by atoms with Crippen molar-refractivity contribution in [2.75, 3.05) is 6.54 Å². The lowest BCUT2D eigenvalue weighted by Gasteiger charge is -2.05. The molecule has 1 amide bonds. The Morgan fingerprint density at radius 3 is 2.74 bits per heavy atom. The lowest BCUT2D eigenvalue weighted by Crippen LogP contribution is -2.27. The normalized spacial score (nSPS) is 14.6. The molecule has 2 N–H and O–H groups in total. The van der Waals surface area contributed by atoms with Gasteiger partial charge in [-0.3, -0.25) is 4.79 Å². The van der Waals surface area contributed by atoms with Crippen LogP contribution in [-0.4, -0.2) is 18.5 Å². The summed E-state index contributed by atoms with van der Waals surface area (Å²) in [5, 5.41) is 14.7. The highest BCUT2D eigenvalue weighted by atomic mass is 16.1. The second-order valence-electron chi connectivity index (χ2n) is 4.60. The van der Waals surface area contributed by atoms with Crippen LogP contribution >= 0.6 is 0 Å². The molecule has 0 aliphatic heterocycles. The summed E-state index contributed by atoms with van der Waals surface area (Å²) in [7, 11) is 0. The van der Waals surface area contributed by atoms with E-state index < -0.39 is 0 Å². The summed E-state index contributed by atoms with van der Waals surface area (Å²) in [4.78, 5) is 11.8. The zero-order valence-electron chi connectivity index (χ0n) is 10.7. The lowest BCUT2D eigenvalue weighted by molar-refractivity contribution is -0.117. The summed E-state index contributed by atoms with van der Waals surface area (Å²) in [6, 6.07) is 12.3. The molecule has 1 aliphatic carbocycles. The number of rotatable bonds is 6. The van der Waals surface area contributed by atoms with E-state index in [4.69, 9.17) is 5.26 Å². The van der Waals surface area contributed by atoms with Gasteiger partial charge in [0.15, 0.2) is 0 Å². The van der Waals surface area contributed by atoms with Gasteiger partial charge in [-0.1, -0.05) is 30.3 Å². The molecule has 1 saturated carbocycles. The fraction of sp³-hybridized carbons (Fsp3) is 0.333. The number of nitrogens with one attached hydrogen (secondary N) is 2.